The van der Waals surface area contributed by atoms with E-state index in [-0.39, 0.29) is 42.6 Å². The van der Waals surface area contributed by atoms with E-state index < -0.39 is 0 Å². The zero-order valence-corrected chi connectivity index (χ0v) is 16.8. The summed E-state index contributed by atoms with van der Waals surface area (Å²) in [5.41, 5.74) is 1.19. The molecule has 1 aromatic carbocycles. The Kier molecular flexibility index (Phi) is 11.9. The van der Waals surface area contributed by atoms with Crippen molar-refractivity contribution in [2.75, 3.05) is 26.2 Å². The van der Waals surface area contributed by atoms with Gasteiger partial charge in [-0.25, -0.2) is 0 Å². The molecule has 1 aromatic rings. The summed E-state index contributed by atoms with van der Waals surface area (Å²) in [7, 11) is 0. The van der Waals surface area contributed by atoms with Crippen LogP contribution in [0.2, 0.25) is 0 Å². The van der Waals surface area contributed by atoms with Gasteiger partial charge in [-0.05, 0) is 44.4 Å². The summed E-state index contributed by atoms with van der Waals surface area (Å²) >= 11 is 0. The first-order valence-corrected chi connectivity index (χ1v) is 7.91. The lowest BCUT2D eigenvalue weighted by atomic mass is 10.2. The Bertz CT molecular complexity index is 469. The molecular weight excluding hydrogens is 405 g/mol. The normalized spacial score (nSPS) is 13.7. The van der Waals surface area contributed by atoms with Crippen LogP contribution in [-0.2, 0) is 0 Å². The summed E-state index contributed by atoms with van der Waals surface area (Å²) in [5.74, 6) is 1.80. The minimum atomic E-state index is 0. The molecule has 0 fully saturated rings. The predicted molar refractivity (Wildman–Crippen MR) is 107 cm³/mol. The molecule has 0 aliphatic heterocycles. The fourth-order valence-corrected chi connectivity index (χ4v) is 1.85. The van der Waals surface area contributed by atoms with Crippen molar-refractivity contribution in [3.05, 3.63) is 29.8 Å². The second kappa shape index (κ2) is 12.4. The van der Waals surface area contributed by atoms with Gasteiger partial charge >= 0.3 is 0 Å². The van der Waals surface area contributed by atoms with Gasteiger partial charge in [0.05, 0.1) is 6.54 Å². The molecule has 0 amide bonds. The molecule has 0 saturated heterocycles. The summed E-state index contributed by atoms with van der Waals surface area (Å²) in [4.78, 5) is 4.46. The molecular formula is C17H30IN3O2. The van der Waals surface area contributed by atoms with Crippen molar-refractivity contribution >= 4 is 29.9 Å². The van der Waals surface area contributed by atoms with Crippen molar-refractivity contribution in [3.8, 4) is 5.75 Å². The average Bonchev–Trinajstić information content (AvgIpc) is 2.49. The second-order valence-corrected chi connectivity index (χ2v) is 5.63. The van der Waals surface area contributed by atoms with Gasteiger partial charge in [-0.1, -0.05) is 19.1 Å². The van der Waals surface area contributed by atoms with E-state index in [9.17, 15) is 0 Å². The third-order valence-electron chi connectivity index (χ3n) is 3.10. The summed E-state index contributed by atoms with van der Waals surface area (Å²) in [6.07, 6.45) is 0.0286. The number of aliphatic hydroxyl groups excluding tert-OH is 1. The van der Waals surface area contributed by atoms with Crippen molar-refractivity contribution in [1.29, 1.82) is 0 Å². The molecule has 3 N–H and O–H groups in total. The molecule has 5 nitrogen and oxygen atoms in total. The van der Waals surface area contributed by atoms with Crippen LogP contribution >= 0.6 is 24.0 Å². The van der Waals surface area contributed by atoms with Crippen LogP contribution in [0.1, 0.15) is 26.3 Å². The van der Waals surface area contributed by atoms with E-state index in [4.69, 9.17) is 9.84 Å². The summed E-state index contributed by atoms with van der Waals surface area (Å²) in [5, 5.41) is 15.5. The number of benzene rings is 1. The van der Waals surface area contributed by atoms with E-state index in [1.165, 1.54) is 5.56 Å². The molecule has 0 heterocycles. The average molecular weight is 435 g/mol. The number of ether oxygens (including phenoxy) is 1. The Labute approximate surface area is 156 Å². The zero-order valence-electron chi connectivity index (χ0n) is 14.5. The molecule has 0 aliphatic rings. The minimum Gasteiger partial charge on any atom is -0.489 e. The van der Waals surface area contributed by atoms with Crippen molar-refractivity contribution in [1.82, 2.24) is 10.6 Å². The molecule has 1 rings (SSSR count). The fraction of sp³-hybridized carbons (Fsp3) is 0.588. The van der Waals surface area contributed by atoms with E-state index in [1.807, 2.05) is 52.0 Å². The van der Waals surface area contributed by atoms with Crippen LogP contribution in [0.15, 0.2) is 29.3 Å². The van der Waals surface area contributed by atoms with Crippen LogP contribution in [0.3, 0.4) is 0 Å². The topological polar surface area (TPSA) is 65.9 Å². The van der Waals surface area contributed by atoms with Crippen LogP contribution in [0, 0.1) is 12.8 Å². The molecule has 0 aliphatic carbocycles. The molecule has 6 heteroatoms. The number of aryl methyl sites for hydroxylation is 1. The van der Waals surface area contributed by atoms with Crippen molar-refractivity contribution < 1.29 is 9.84 Å². The lowest BCUT2D eigenvalue weighted by Crippen LogP contribution is -2.42. The van der Waals surface area contributed by atoms with Crippen molar-refractivity contribution in [2.45, 2.75) is 33.8 Å². The van der Waals surface area contributed by atoms with Gasteiger partial charge in [0.2, 0.25) is 0 Å². The number of rotatable bonds is 8. The number of nitrogens with zero attached hydrogens (tertiary/aromatic N) is 1. The van der Waals surface area contributed by atoms with Gasteiger partial charge in [-0.15, -0.1) is 24.0 Å². The highest BCUT2D eigenvalue weighted by molar-refractivity contribution is 14.0. The first kappa shape index (κ1) is 22.0. The van der Waals surface area contributed by atoms with Gasteiger partial charge in [0.15, 0.2) is 5.96 Å². The third-order valence-corrected chi connectivity index (χ3v) is 3.10. The third kappa shape index (κ3) is 9.65. The van der Waals surface area contributed by atoms with Crippen LogP contribution in [0.25, 0.3) is 0 Å². The van der Waals surface area contributed by atoms with Gasteiger partial charge in [-0.2, -0.15) is 0 Å². The predicted octanol–water partition coefficient (Wildman–Crippen LogP) is 2.56. The largest absolute Gasteiger partial charge is 0.489 e. The number of hydrogen-bond acceptors (Lipinski definition) is 3. The number of hydrogen-bond donors (Lipinski definition) is 3. The quantitative estimate of drug-likeness (QED) is 0.334. The number of nitrogens with one attached hydrogen (secondary N) is 2. The summed E-state index contributed by atoms with van der Waals surface area (Å²) in [6.45, 7) is 10.3. The Morgan fingerprint density at radius 2 is 2.04 bits per heavy atom. The molecule has 132 valence electrons. The summed E-state index contributed by atoms with van der Waals surface area (Å²) in [6, 6.07) is 8.03. The Morgan fingerprint density at radius 3 is 2.65 bits per heavy atom. The number of guanidine groups is 1. The number of aliphatic hydroxyl groups is 1. The van der Waals surface area contributed by atoms with E-state index >= 15 is 0 Å². The van der Waals surface area contributed by atoms with Gasteiger partial charge in [-0.3, -0.25) is 4.99 Å². The van der Waals surface area contributed by atoms with Crippen LogP contribution in [-0.4, -0.2) is 43.4 Å². The highest BCUT2D eigenvalue weighted by Crippen LogP contribution is 2.13. The highest BCUT2D eigenvalue weighted by atomic mass is 127. The lowest BCUT2D eigenvalue weighted by Gasteiger charge is -2.18. The Balaban J connectivity index is 0.00000484. The highest BCUT2D eigenvalue weighted by Gasteiger charge is 2.06. The van der Waals surface area contributed by atoms with Gasteiger partial charge in [0, 0.05) is 19.7 Å². The van der Waals surface area contributed by atoms with Gasteiger partial charge in [0.1, 0.15) is 11.9 Å². The van der Waals surface area contributed by atoms with Crippen LogP contribution < -0.4 is 15.4 Å². The van der Waals surface area contributed by atoms with Gasteiger partial charge < -0.3 is 20.5 Å². The summed E-state index contributed by atoms with van der Waals surface area (Å²) < 4.78 is 5.89. The SMILES string of the molecule is CCNC(=NCC(C)CO)NCC(C)Oc1cccc(C)c1.I. The molecule has 0 spiro atoms. The maximum Gasteiger partial charge on any atom is 0.191 e. The standard InChI is InChI=1S/C17H29N3O2.HI/c1-5-18-17(19-10-14(3)12-21)20-11-15(4)22-16-8-6-7-13(2)9-16;/h6-9,14-15,21H,5,10-12H2,1-4H3,(H2,18,19,20);1H. The number of aliphatic imine (C=N–C) groups is 1. The first-order chi connectivity index (χ1) is 10.5. The monoisotopic (exact) mass is 435 g/mol. The Hall–Kier alpha value is -1.02. The van der Waals surface area contributed by atoms with E-state index in [2.05, 4.69) is 15.6 Å². The molecule has 0 saturated carbocycles. The molecule has 2 unspecified atom stereocenters. The molecule has 0 aromatic heterocycles. The molecule has 0 bridgehead atoms. The van der Waals surface area contributed by atoms with Crippen LogP contribution in [0.4, 0.5) is 0 Å². The first-order valence-electron chi connectivity index (χ1n) is 7.91. The Morgan fingerprint density at radius 1 is 1.30 bits per heavy atom. The van der Waals surface area contributed by atoms with Gasteiger partial charge in [0.25, 0.3) is 0 Å². The lowest BCUT2D eigenvalue weighted by molar-refractivity contribution is 0.223. The number of halogens is 1. The van der Waals surface area contributed by atoms with Crippen molar-refractivity contribution in [2.24, 2.45) is 10.9 Å². The minimum absolute atomic E-state index is 0. The van der Waals surface area contributed by atoms with Crippen molar-refractivity contribution in [3.63, 3.8) is 0 Å². The molecule has 2 atom stereocenters. The maximum absolute atomic E-state index is 9.05. The van der Waals surface area contributed by atoms with E-state index in [1.54, 1.807) is 0 Å². The fourth-order valence-electron chi connectivity index (χ4n) is 1.85. The second-order valence-electron chi connectivity index (χ2n) is 5.63. The molecule has 23 heavy (non-hydrogen) atoms. The van der Waals surface area contributed by atoms with E-state index in [0.717, 1.165) is 18.3 Å². The zero-order chi connectivity index (χ0) is 16.4. The molecule has 0 radical (unpaired) electrons. The van der Waals surface area contributed by atoms with Crippen LogP contribution in [0.5, 0.6) is 5.75 Å². The maximum atomic E-state index is 9.05. The van der Waals surface area contributed by atoms with E-state index in [0.29, 0.717) is 13.1 Å². The smallest absolute Gasteiger partial charge is 0.191 e.